The minimum absolute atomic E-state index is 0.159. The van der Waals surface area contributed by atoms with Gasteiger partial charge in [-0.25, -0.2) is 0 Å². The van der Waals surface area contributed by atoms with E-state index in [1.807, 2.05) is 26.0 Å². The van der Waals surface area contributed by atoms with Crippen molar-refractivity contribution in [3.05, 3.63) is 29.8 Å². The maximum atomic E-state index is 9.05. The summed E-state index contributed by atoms with van der Waals surface area (Å²) in [6, 6.07) is 8.48. The summed E-state index contributed by atoms with van der Waals surface area (Å²) in [7, 11) is 1.68. The van der Waals surface area contributed by atoms with E-state index >= 15 is 0 Å². The molecule has 0 radical (unpaired) electrons. The molecule has 114 valence electrons. The van der Waals surface area contributed by atoms with Crippen LogP contribution in [0.15, 0.2) is 24.3 Å². The summed E-state index contributed by atoms with van der Waals surface area (Å²) in [6.45, 7) is 6.90. The summed E-state index contributed by atoms with van der Waals surface area (Å²) in [5.74, 6) is 0.889. The number of hydrogen-bond donors (Lipinski definition) is 2. The molecule has 0 saturated heterocycles. The molecule has 0 saturated carbocycles. The van der Waals surface area contributed by atoms with E-state index in [1.54, 1.807) is 7.11 Å². The molecule has 20 heavy (non-hydrogen) atoms. The predicted octanol–water partition coefficient (Wildman–Crippen LogP) is 2.52. The van der Waals surface area contributed by atoms with Crippen LogP contribution in [-0.2, 0) is 4.74 Å². The molecule has 0 aliphatic heterocycles. The Balaban J connectivity index is 2.59. The first-order valence-corrected chi connectivity index (χ1v) is 7.19. The van der Waals surface area contributed by atoms with Crippen LogP contribution in [0.5, 0.6) is 5.75 Å². The molecule has 0 fully saturated rings. The molecule has 4 heteroatoms. The number of ether oxygens (including phenoxy) is 2. The van der Waals surface area contributed by atoms with E-state index in [-0.39, 0.29) is 24.8 Å². The van der Waals surface area contributed by atoms with E-state index in [0.717, 1.165) is 5.75 Å². The van der Waals surface area contributed by atoms with Gasteiger partial charge in [0.1, 0.15) is 5.75 Å². The van der Waals surface area contributed by atoms with Crippen molar-refractivity contribution in [2.24, 2.45) is 0 Å². The molecule has 0 aliphatic rings. The molecule has 2 atom stereocenters. The maximum absolute atomic E-state index is 9.05. The van der Waals surface area contributed by atoms with Crippen molar-refractivity contribution in [1.82, 2.24) is 5.32 Å². The molecular formula is C16H27NO3. The minimum atomic E-state index is 0.159. The lowest BCUT2D eigenvalue weighted by atomic mass is 10.1. The Bertz CT molecular complexity index is 358. The lowest BCUT2D eigenvalue weighted by Gasteiger charge is -2.22. The van der Waals surface area contributed by atoms with Gasteiger partial charge in [0.15, 0.2) is 0 Å². The lowest BCUT2D eigenvalue weighted by molar-refractivity contribution is 0.143. The molecule has 0 spiro atoms. The van der Waals surface area contributed by atoms with Crippen LogP contribution in [0, 0.1) is 0 Å². The predicted molar refractivity (Wildman–Crippen MR) is 81.1 cm³/mol. The zero-order valence-electron chi connectivity index (χ0n) is 12.9. The molecule has 0 heterocycles. The molecule has 0 bridgehead atoms. The Labute approximate surface area is 122 Å². The highest BCUT2D eigenvalue weighted by Gasteiger charge is 2.13. The maximum Gasteiger partial charge on any atom is 0.119 e. The third-order valence-electron chi connectivity index (χ3n) is 3.08. The van der Waals surface area contributed by atoms with Gasteiger partial charge in [-0.1, -0.05) is 12.1 Å². The van der Waals surface area contributed by atoms with Crippen molar-refractivity contribution in [2.45, 2.75) is 45.4 Å². The molecule has 4 nitrogen and oxygen atoms in total. The van der Waals surface area contributed by atoms with Gasteiger partial charge in [-0.2, -0.15) is 0 Å². The van der Waals surface area contributed by atoms with Crippen LogP contribution in [-0.4, -0.2) is 37.6 Å². The first kappa shape index (κ1) is 17.0. The number of aliphatic hydroxyl groups is 1. The summed E-state index contributed by atoms with van der Waals surface area (Å²) >= 11 is 0. The monoisotopic (exact) mass is 281 g/mol. The Morgan fingerprint density at radius 3 is 2.30 bits per heavy atom. The van der Waals surface area contributed by atoms with E-state index in [1.165, 1.54) is 5.56 Å². The highest BCUT2D eigenvalue weighted by atomic mass is 16.5. The molecule has 0 aliphatic carbocycles. The smallest absolute Gasteiger partial charge is 0.119 e. The second-order valence-electron chi connectivity index (χ2n) is 5.29. The number of hydrogen-bond acceptors (Lipinski definition) is 4. The summed E-state index contributed by atoms with van der Waals surface area (Å²) in [6.07, 6.45) is 0.874. The fraction of sp³-hybridized carbons (Fsp3) is 0.625. The van der Waals surface area contributed by atoms with E-state index in [0.29, 0.717) is 13.0 Å². The van der Waals surface area contributed by atoms with Gasteiger partial charge in [0.05, 0.1) is 12.7 Å². The van der Waals surface area contributed by atoms with Crippen molar-refractivity contribution in [3.8, 4) is 5.75 Å². The summed E-state index contributed by atoms with van der Waals surface area (Å²) < 4.78 is 10.8. The van der Waals surface area contributed by atoms with Crippen LogP contribution in [0.3, 0.4) is 0 Å². The van der Waals surface area contributed by atoms with Gasteiger partial charge in [0.25, 0.3) is 0 Å². The standard InChI is InChI=1S/C16H27NO3/c1-12(2)20-16-7-5-14(6-8-16)13(3)17-15(9-10-18)11-19-4/h5-8,12-13,15,17-18H,9-11H2,1-4H3. The lowest BCUT2D eigenvalue weighted by Crippen LogP contribution is -2.36. The van der Waals surface area contributed by atoms with Gasteiger partial charge < -0.3 is 19.9 Å². The van der Waals surface area contributed by atoms with Gasteiger partial charge in [-0.3, -0.25) is 0 Å². The Kier molecular flexibility index (Phi) is 7.59. The van der Waals surface area contributed by atoms with Gasteiger partial charge in [0.2, 0.25) is 0 Å². The number of methoxy groups -OCH3 is 1. The van der Waals surface area contributed by atoms with E-state index < -0.39 is 0 Å². The van der Waals surface area contributed by atoms with E-state index in [4.69, 9.17) is 14.6 Å². The molecular weight excluding hydrogens is 254 g/mol. The fourth-order valence-corrected chi connectivity index (χ4v) is 2.13. The van der Waals surface area contributed by atoms with Crippen LogP contribution in [0.25, 0.3) is 0 Å². The molecule has 2 N–H and O–H groups in total. The van der Waals surface area contributed by atoms with Gasteiger partial charge in [-0.15, -0.1) is 0 Å². The summed E-state index contributed by atoms with van der Waals surface area (Å²) in [4.78, 5) is 0. The van der Waals surface area contributed by atoms with Crippen molar-refractivity contribution < 1.29 is 14.6 Å². The second-order valence-corrected chi connectivity index (χ2v) is 5.29. The van der Waals surface area contributed by atoms with Crippen LogP contribution in [0.2, 0.25) is 0 Å². The Morgan fingerprint density at radius 1 is 1.15 bits per heavy atom. The zero-order valence-corrected chi connectivity index (χ0v) is 12.9. The first-order chi connectivity index (χ1) is 9.56. The molecule has 1 aromatic rings. The molecule has 0 aromatic heterocycles. The largest absolute Gasteiger partial charge is 0.491 e. The van der Waals surface area contributed by atoms with E-state index in [9.17, 15) is 0 Å². The normalized spacial score (nSPS) is 14.3. The number of aliphatic hydroxyl groups excluding tert-OH is 1. The van der Waals surface area contributed by atoms with Crippen LogP contribution < -0.4 is 10.1 Å². The second kappa shape index (κ2) is 8.95. The average Bonchev–Trinajstić information content (AvgIpc) is 2.39. The van der Waals surface area contributed by atoms with Gasteiger partial charge in [-0.05, 0) is 44.9 Å². The summed E-state index contributed by atoms with van der Waals surface area (Å²) in [5, 5.41) is 12.5. The number of rotatable bonds is 9. The highest BCUT2D eigenvalue weighted by Crippen LogP contribution is 2.19. The average molecular weight is 281 g/mol. The first-order valence-electron chi connectivity index (χ1n) is 7.19. The minimum Gasteiger partial charge on any atom is -0.491 e. The molecule has 0 amide bonds. The molecule has 2 unspecified atom stereocenters. The van der Waals surface area contributed by atoms with Crippen molar-refractivity contribution in [1.29, 1.82) is 0 Å². The highest BCUT2D eigenvalue weighted by molar-refractivity contribution is 5.29. The molecule has 1 rings (SSSR count). The topological polar surface area (TPSA) is 50.7 Å². The number of nitrogens with one attached hydrogen (secondary N) is 1. The SMILES string of the molecule is COCC(CCO)NC(C)c1ccc(OC(C)C)cc1. The van der Waals surface area contributed by atoms with Crippen LogP contribution in [0.4, 0.5) is 0 Å². The van der Waals surface area contributed by atoms with Crippen LogP contribution >= 0.6 is 0 Å². The van der Waals surface area contributed by atoms with Crippen molar-refractivity contribution >= 4 is 0 Å². The third-order valence-corrected chi connectivity index (χ3v) is 3.08. The quantitative estimate of drug-likeness (QED) is 0.730. The fourth-order valence-electron chi connectivity index (χ4n) is 2.13. The van der Waals surface area contributed by atoms with Crippen molar-refractivity contribution in [3.63, 3.8) is 0 Å². The van der Waals surface area contributed by atoms with E-state index in [2.05, 4.69) is 24.4 Å². The summed E-state index contributed by atoms with van der Waals surface area (Å²) in [5.41, 5.74) is 1.19. The number of benzene rings is 1. The Morgan fingerprint density at radius 2 is 1.80 bits per heavy atom. The third kappa shape index (κ3) is 5.90. The van der Waals surface area contributed by atoms with Crippen LogP contribution in [0.1, 0.15) is 38.8 Å². The van der Waals surface area contributed by atoms with Crippen molar-refractivity contribution in [2.75, 3.05) is 20.3 Å². The molecule has 1 aromatic carbocycles. The Hall–Kier alpha value is -1.10. The zero-order chi connectivity index (χ0) is 15.0. The van der Waals surface area contributed by atoms with Gasteiger partial charge >= 0.3 is 0 Å². The van der Waals surface area contributed by atoms with Gasteiger partial charge in [0, 0.05) is 25.8 Å².